The van der Waals surface area contributed by atoms with Crippen LogP contribution >= 0.6 is 0 Å². The number of carbonyl (C=O) groups is 1. The fourth-order valence-corrected chi connectivity index (χ4v) is 1.74. The van der Waals surface area contributed by atoms with Crippen LogP contribution in [0.5, 0.6) is 0 Å². The van der Waals surface area contributed by atoms with E-state index in [1.165, 1.54) is 0 Å². The Labute approximate surface area is 85.4 Å². The molecular weight excluding hydrogens is 180 g/mol. The Bertz CT molecular complexity index is 216. The molecule has 0 aliphatic carbocycles. The molecule has 1 atom stereocenters. The van der Waals surface area contributed by atoms with Crippen LogP contribution in [0.4, 0.5) is 0 Å². The van der Waals surface area contributed by atoms with Gasteiger partial charge in [-0.3, -0.25) is 4.79 Å². The number of ether oxygens (including phenoxy) is 1. The van der Waals surface area contributed by atoms with E-state index in [2.05, 4.69) is 0 Å². The summed E-state index contributed by atoms with van der Waals surface area (Å²) in [5, 5.41) is 0. The average Bonchev–Trinajstić information content (AvgIpc) is 2.10. The molecule has 1 rings (SSSR count). The summed E-state index contributed by atoms with van der Waals surface area (Å²) in [5.41, 5.74) is 5.16. The Morgan fingerprint density at radius 2 is 2.29 bits per heavy atom. The van der Waals surface area contributed by atoms with E-state index in [4.69, 9.17) is 10.5 Å². The molecule has 1 aliphatic rings. The second-order valence-electron chi connectivity index (χ2n) is 4.25. The minimum absolute atomic E-state index is 0.0815. The summed E-state index contributed by atoms with van der Waals surface area (Å²) in [7, 11) is 0. The van der Waals surface area contributed by atoms with Crippen LogP contribution in [0.2, 0.25) is 0 Å². The van der Waals surface area contributed by atoms with E-state index in [0.717, 1.165) is 0 Å². The molecule has 1 saturated heterocycles. The van der Waals surface area contributed by atoms with Crippen molar-refractivity contribution in [3.8, 4) is 0 Å². The fraction of sp³-hybridized carbons (Fsp3) is 0.900. The minimum atomic E-state index is -0.218. The van der Waals surface area contributed by atoms with Crippen LogP contribution in [0.25, 0.3) is 0 Å². The highest BCUT2D eigenvalue weighted by atomic mass is 16.5. The summed E-state index contributed by atoms with van der Waals surface area (Å²) >= 11 is 0. The summed E-state index contributed by atoms with van der Waals surface area (Å²) in [5.74, 6) is 0.132. The first-order valence-electron chi connectivity index (χ1n) is 5.12. The van der Waals surface area contributed by atoms with Crippen molar-refractivity contribution in [3.05, 3.63) is 0 Å². The molecule has 4 nitrogen and oxygen atoms in total. The maximum Gasteiger partial charge on any atom is 0.224 e. The maximum atomic E-state index is 11.7. The molecule has 0 saturated carbocycles. The van der Waals surface area contributed by atoms with Crippen molar-refractivity contribution in [3.63, 3.8) is 0 Å². The summed E-state index contributed by atoms with van der Waals surface area (Å²) in [6.45, 7) is 7.79. The fourth-order valence-electron chi connectivity index (χ4n) is 1.74. The van der Waals surface area contributed by atoms with Crippen LogP contribution < -0.4 is 5.73 Å². The monoisotopic (exact) mass is 200 g/mol. The van der Waals surface area contributed by atoms with E-state index in [1.54, 1.807) is 0 Å². The smallest absolute Gasteiger partial charge is 0.224 e. The van der Waals surface area contributed by atoms with E-state index < -0.39 is 0 Å². The van der Waals surface area contributed by atoms with Crippen molar-refractivity contribution >= 4 is 5.91 Å². The summed E-state index contributed by atoms with van der Waals surface area (Å²) in [6.07, 6.45) is 0.508. The molecule has 0 bridgehead atoms. The lowest BCUT2D eigenvalue weighted by atomic mass is 9.94. The molecule has 0 aromatic heterocycles. The van der Waals surface area contributed by atoms with Crippen LogP contribution in [0.1, 0.15) is 27.2 Å². The van der Waals surface area contributed by atoms with E-state index in [-0.39, 0.29) is 17.6 Å². The van der Waals surface area contributed by atoms with Crippen LogP contribution in [0, 0.1) is 0 Å². The van der Waals surface area contributed by atoms with Gasteiger partial charge in [-0.1, -0.05) is 0 Å². The number of hydrogen-bond acceptors (Lipinski definition) is 3. The topological polar surface area (TPSA) is 55.6 Å². The number of hydrogen-bond donors (Lipinski definition) is 1. The molecular formula is C10H20N2O2. The Morgan fingerprint density at radius 1 is 1.64 bits per heavy atom. The van der Waals surface area contributed by atoms with Crippen LogP contribution in [0.3, 0.4) is 0 Å². The third kappa shape index (κ3) is 2.07. The average molecular weight is 200 g/mol. The van der Waals surface area contributed by atoms with Gasteiger partial charge in [0.05, 0.1) is 18.2 Å². The van der Waals surface area contributed by atoms with E-state index in [9.17, 15) is 4.79 Å². The Hall–Kier alpha value is -0.610. The van der Waals surface area contributed by atoms with Crippen molar-refractivity contribution in [1.82, 2.24) is 4.90 Å². The molecule has 4 heteroatoms. The lowest BCUT2D eigenvalue weighted by Crippen LogP contribution is -2.59. The van der Waals surface area contributed by atoms with Crippen LogP contribution in [-0.2, 0) is 9.53 Å². The predicted molar refractivity (Wildman–Crippen MR) is 54.9 cm³/mol. The molecule has 1 fully saturated rings. The van der Waals surface area contributed by atoms with Gasteiger partial charge < -0.3 is 15.4 Å². The Balaban J connectivity index is 2.71. The molecule has 0 spiro atoms. The number of rotatable bonds is 2. The van der Waals surface area contributed by atoms with Gasteiger partial charge in [0.25, 0.3) is 0 Å². The van der Waals surface area contributed by atoms with Gasteiger partial charge in [0, 0.05) is 19.5 Å². The third-order valence-corrected chi connectivity index (χ3v) is 3.03. The van der Waals surface area contributed by atoms with Gasteiger partial charge in [0.15, 0.2) is 0 Å². The van der Waals surface area contributed by atoms with Crippen molar-refractivity contribution in [2.24, 2.45) is 5.73 Å². The summed E-state index contributed by atoms with van der Waals surface area (Å²) in [6, 6.07) is 0. The quantitative estimate of drug-likeness (QED) is 0.700. The summed E-state index contributed by atoms with van der Waals surface area (Å²) < 4.78 is 5.53. The highest BCUT2D eigenvalue weighted by Gasteiger charge is 2.38. The Kier molecular flexibility index (Phi) is 3.50. The predicted octanol–water partition coefficient (Wildman–Crippen LogP) is 0.361. The highest BCUT2D eigenvalue weighted by Crippen LogP contribution is 2.25. The van der Waals surface area contributed by atoms with E-state index in [0.29, 0.717) is 26.1 Å². The highest BCUT2D eigenvalue weighted by molar-refractivity contribution is 5.77. The summed E-state index contributed by atoms with van der Waals surface area (Å²) in [4.78, 5) is 13.6. The van der Waals surface area contributed by atoms with Crippen molar-refractivity contribution < 1.29 is 9.53 Å². The number of carbonyl (C=O) groups excluding carboxylic acids is 1. The number of morpholine rings is 1. The van der Waals surface area contributed by atoms with Gasteiger partial charge >= 0.3 is 0 Å². The number of nitrogens with two attached hydrogens (primary N) is 1. The maximum absolute atomic E-state index is 11.7. The van der Waals surface area contributed by atoms with Gasteiger partial charge in [0.1, 0.15) is 0 Å². The molecule has 0 aromatic rings. The molecule has 1 heterocycles. The SMILES string of the molecule is CC1OCCN(C(=O)CCN)C1(C)C. The second-order valence-corrected chi connectivity index (χ2v) is 4.25. The second kappa shape index (κ2) is 4.28. The molecule has 14 heavy (non-hydrogen) atoms. The third-order valence-electron chi connectivity index (χ3n) is 3.03. The van der Waals surface area contributed by atoms with Crippen molar-refractivity contribution in [1.29, 1.82) is 0 Å². The molecule has 1 aliphatic heterocycles. The number of nitrogens with zero attached hydrogens (tertiary/aromatic N) is 1. The van der Waals surface area contributed by atoms with E-state index >= 15 is 0 Å². The lowest BCUT2D eigenvalue weighted by molar-refractivity contribution is -0.155. The zero-order valence-electron chi connectivity index (χ0n) is 9.25. The first-order valence-corrected chi connectivity index (χ1v) is 5.12. The molecule has 2 N–H and O–H groups in total. The molecule has 1 unspecified atom stereocenters. The molecule has 82 valence electrons. The Morgan fingerprint density at radius 3 is 2.86 bits per heavy atom. The molecule has 1 amide bonds. The molecule has 0 radical (unpaired) electrons. The van der Waals surface area contributed by atoms with Gasteiger partial charge in [-0.2, -0.15) is 0 Å². The van der Waals surface area contributed by atoms with Gasteiger partial charge in [-0.05, 0) is 20.8 Å². The zero-order chi connectivity index (χ0) is 10.8. The van der Waals surface area contributed by atoms with Crippen LogP contribution in [-0.4, -0.2) is 42.1 Å². The largest absolute Gasteiger partial charge is 0.374 e. The number of amides is 1. The van der Waals surface area contributed by atoms with Crippen molar-refractivity contribution in [2.45, 2.75) is 38.8 Å². The van der Waals surface area contributed by atoms with Crippen LogP contribution in [0.15, 0.2) is 0 Å². The first kappa shape index (κ1) is 11.5. The van der Waals surface area contributed by atoms with Gasteiger partial charge in [-0.15, -0.1) is 0 Å². The van der Waals surface area contributed by atoms with Crippen molar-refractivity contribution in [2.75, 3.05) is 19.7 Å². The first-order chi connectivity index (χ1) is 6.50. The standard InChI is InChI=1S/C10H20N2O2/c1-8-10(2,3)12(6-7-14-8)9(13)4-5-11/h8H,4-7,11H2,1-3H3. The van der Waals surface area contributed by atoms with E-state index in [1.807, 2.05) is 25.7 Å². The zero-order valence-corrected chi connectivity index (χ0v) is 9.25. The van der Waals surface area contributed by atoms with Gasteiger partial charge in [0.2, 0.25) is 5.91 Å². The lowest BCUT2D eigenvalue weighted by Gasteiger charge is -2.46. The molecule has 0 aromatic carbocycles. The van der Waals surface area contributed by atoms with Gasteiger partial charge in [-0.25, -0.2) is 0 Å². The minimum Gasteiger partial charge on any atom is -0.374 e. The normalized spacial score (nSPS) is 26.3.